The van der Waals surface area contributed by atoms with Gasteiger partial charge < -0.3 is 5.11 Å². The van der Waals surface area contributed by atoms with Gasteiger partial charge >= 0.3 is 5.97 Å². The monoisotopic (exact) mass is 276 g/mol. The lowest BCUT2D eigenvalue weighted by Gasteiger charge is -2.03. The van der Waals surface area contributed by atoms with Crippen LogP contribution in [0, 0.1) is 0 Å². The van der Waals surface area contributed by atoms with E-state index in [-0.39, 0.29) is 11.1 Å². The van der Waals surface area contributed by atoms with Crippen LogP contribution in [0.4, 0.5) is 5.13 Å². The minimum Gasteiger partial charge on any atom is -0.478 e. The molecule has 19 heavy (non-hydrogen) atoms. The van der Waals surface area contributed by atoms with Gasteiger partial charge in [0.05, 0.1) is 10.2 Å². The van der Waals surface area contributed by atoms with Gasteiger partial charge in [-0.25, -0.2) is 9.78 Å². The molecule has 0 aliphatic heterocycles. The van der Waals surface area contributed by atoms with E-state index in [1.807, 2.05) is 24.3 Å². The summed E-state index contributed by atoms with van der Waals surface area (Å²) in [5.74, 6) is -1.55. The van der Waals surface area contributed by atoms with Gasteiger partial charge in [0.25, 0.3) is 5.91 Å². The number of aromatic nitrogens is 1. The fourth-order valence-corrected chi connectivity index (χ4v) is 2.31. The van der Waals surface area contributed by atoms with Crippen molar-refractivity contribution in [3.63, 3.8) is 0 Å². The molecule has 1 amide bonds. The van der Waals surface area contributed by atoms with Crippen LogP contribution in [-0.2, 0) is 9.59 Å². The standard InChI is InChI=1S/C13H12N2O3S/c1-7(8(2)12(17)18)11(16)15-13-14-9-5-3-4-6-10(9)19-13/h3-6H,1-2H3,(H,17,18)(H,14,15,16)/b8-7-. The Labute approximate surface area is 113 Å². The maximum Gasteiger partial charge on any atom is 0.331 e. The molecule has 0 unspecified atom stereocenters. The van der Waals surface area contributed by atoms with Crippen LogP contribution in [0.2, 0.25) is 0 Å². The van der Waals surface area contributed by atoms with Crippen LogP contribution >= 0.6 is 11.3 Å². The van der Waals surface area contributed by atoms with E-state index in [4.69, 9.17) is 5.11 Å². The molecule has 1 aromatic carbocycles. The van der Waals surface area contributed by atoms with Crippen molar-refractivity contribution >= 4 is 38.6 Å². The van der Waals surface area contributed by atoms with Crippen molar-refractivity contribution in [3.8, 4) is 0 Å². The van der Waals surface area contributed by atoms with Gasteiger partial charge in [-0.1, -0.05) is 23.5 Å². The number of fused-ring (bicyclic) bond motifs is 1. The normalized spacial score (nSPS) is 12.1. The molecule has 98 valence electrons. The molecule has 1 heterocycles. The molecule has 0 radical (unpaired) electrons. The Bertz CT molecular complexity index is 655. The zero-order valence-corrected chi connectivity index (χ0v) is 11.2. The molecule has 2 N–H and O–H groups in total. The van der Waals surface area contributed by atoms with Gasteiger partial charge in [0, 0.05) is 11.1 Å². The summed E-state index contributed by atoms with van der Waals surface area (Å²) >= 11 is 1.35. The molecule has 0 saturated heterocycles. The van der Waals surface area contributed by atoms with Crippen LogP contribution in [0.5, 0.6) is 0 Å². The first-order chi connectivity index (χ1) is 8.99. The zero-order chi connectivity index (χ0) is 14.0. The minimum atomic E-state index is -1.10. The molecule has 0 saturated carbocycles. The van der Waals surface area contributed by atoms with Gasteiger partial charge in [-0.2, -0.15) is 0 Å². The number of thiazole rings is 1. The lowest BCUT2D eigenvalue weighted by molar-refractivity contribution is -0.133. The number of carbonyl (C=O) groups excluding carboxylic acids is 1. The Morgan fingerprint density at radius 3 is 2.53 bits per heavy atom. The summed E-state index contributed by atoms with van der Waals surface area (Å²) in [6, 6.07) is 7.53. The van der Waals surface area contributed by atoms with Crippen LogP contribution < -0.4 is 5.32 Å². The third kappa shape index (κ3) is 2.79. The van der Waals surface area contributed by atoms with Crippen molar-refractivity contribution in [1.82, 2.24) is 4.98 Å². The van der Waals surface area contributed by atoms with Gasteiger partial charge in [-0.05, 0) is 26.0 Å². The topological polar surface area (TPSA) is 79.3 Å². The summed E-state index contributed by atoms with van der Waals surface area (Å²) in [6.45, 7) is 2.88. The Kier molecular flexibility index (Phi) is 3.62. The van der Waals surface area contributed by atoms with Crippen LogP contribution in [0.1, 0.15) is 13.8 Å². The fourth-order valence-electron chi connectivity index (χ4n) is 1.45. The third-order valence-corrected chi connectivity index (χ3v) is 3.69. The predicted molar refractivity (Wildman–Crippen MR) is 74.3 cm³/mol. The van der Waals surface area contributed by atoms with Gasteiger partial charge in [0.15, 0.2) is 5.13 Å². The summed E-state index contributed by atoms with van der Waals surface area (Å²) in [5.41, 5.74) is 1.00. The third-order valence-electron chi connectivity index (χ3n) is 2.74. The maximum absolute atomic E-state index is 11.9. The van der Waals surface area contributed by atoms with Crippen molar-refractivity contribution < 1.29 is 14.7 Å². The van der Waals surface area contributed by atoms with Crippen LogP contribution in [0.15, 0.2) is 35.4 Å². The van der Waals surface area contributed by atoms with Crippen molar-refractivity contribution in [2.24, 2.45) is 0 Å². The highest BCUT2D eigenvalue weighted by Gasteiger charge is 2.14. The van der Waals surface area contributed by atoms with Crippen LogP contribution in [0.25, 0.3) is 10.2 Å². The Hall–Kier alpha value is -2.21. The van der Waals surface area contributed by atoms with Crippen molar-refractivity contribution in [3.05, 3.63) is 35.4 Å². The van der Waals surface area contributed by atoms with E-state index in [1.54, 1.807) is 0 Å². The van der Waals surface area contributed by atoms with E-state index in [0.29, 0.717) is 5.13 Å². The molecule has 1 aromatic heterocycles. The SMILES string of the molecule is C/C(C(=O)O)=C(\C)C(=O)Nc1nc2ccccc2s1. The van der Waals surface area contributed by atoms with Crippen LogP contribution in [-0.4, -0.2) is 22.0 Å². The lowest BCUT2D eigenvalue weighted by atomic mass is 10.1. The second-order valence-electron chi connectivity index (χ2n) is 4.00. The lowest BCUT2D eigenvalue weighted by Crippen LogP contribution is -2.16. The first-order valence-corrected chi connectivity index (χ1v) is 6.38. The number of carboxylic acids is 1. The largest absolute Gasteiger partial charge is 0.478 e. The van der Waals surface area contributed by atoms with Crippen LogP contribution in [0.3, 0.4) is 0 Å². The number of aliphatic carboxylic acids is 1. The number of para-hydroxylation sites is 1. The molecule has 0 aliphatic carbocycles. The number of carbonyl (C=O) groups is 2. The molecule has 2 aromatic rings. The van der Waals surface area contributed by atoms with Gasteiger partial charge in [0.2, 0.25) is 0 Å². The number of hydrogen-bond donors (Lipinski definition) is 2. The van der Waals surface area contributed by atoms with Gasteiger partial charge in [-0.3, -0.25) is 10.1 Å². The summed E-state index contributed by atoms with van der Waals surface area (Å²) in [4.78, 5) is 26.9. The number of rotatable bonds is 3. The number of carboxylic acid groups (broad SMARTS) is 1. The van der Waals surface area contributed by atoms with Crippen molar-refractivity contribution in [1.29, 1.82) is 0 Å². The molecule has 0 spiro atoms. The smallest absolute Gasteiger partial charge is 0.331 e. The summed E-state index contributed by atoms with van der Waals surface area (Å²) in [7, 11) is 0. The van der Waals surface area contributed by atoms with E-state index >= 15 is 0 Å². The Balaban J connectivity index is 2.24. The molecule has 6 heteroatoms. The predicted octanol–water partition coefficient (Wildman–Crippen LogP) is 2.66. The molecule has 0 fully saturated rings. The summed E-state index contributed by atoms with van der Waals surface area (Å²) < 4.78 is 0.967. The number of hydrogen-bond acceptors (Lipinski definition) is 4. The molecule has 5 nitrogen and oxygen atoms in total. The molecule has 2 rings (SSSR count). The Morgan fingerprint density at radius 2 is 1.89 bits per heavy atom. The number of anilines is 1. The first kappa shape index (κ1) is 13.2. The summed E-state index contributed by atoms with van der Waals surface area (Å²) in [5, 5.41) is 11.9. The van der Waals surface area contributed by atoms with Gasteiger partial charge in [-0.15, -0.1) is 0 Å². The molecule has 0 atom stereocenters. The summed E-state index contributed by atoms with van der Waals surface area (Å²) in [6.07, 6.45) is 0. The second kappa shape index (κ2) is 5.19. The second-order valence-corrected chi connectivity index (χ2v) is 5.03. The highest BCUT2D eigenvalue weighted by atomic mass is 32.1. The van der Waals surface area contributed by atoms with Gasteiger partial charge in [0.1, 0.15) is 0 Å². The Morgan fingerprint density at radius 1 is 1.21 bits per heavy atom. The fraction of sp³-hybridized carbons (Fsp3) is 0.154. The average molecular weight is 276 g/mol. The van der Waals surface area contributed by atoms with E-state index < -0.39 is 11.9 Å². The average Bonchev–Trinajstić information content (AvgIpc) is 2.78. The maximum atomic E-state index is 11.9. The highest BCUT2D eigenvalue weighted by Crippen LogP contribution is 2.25. The molecule has 0 bridgehead atoms. The molecular formula is C13H12N2O3S. The van der Waals surface area contributed by atoms with Crippen molar-refractivity contribution in [2.45, 2.75) is 13.8 Å². The van der Waals surface area contributed by atoms with E-state index in [0.717, 1.165) is 10.2 Å². The molecular weight excluding hydrogens is 264 g/mol. The van der Waals surface area contributed by atoms with E-state index in [1.165, 1.54) is 25.2 Å². The van der Waals surface area contributed by atoms with E-state index in [9.17, 15) is 9.59 Å². The first-order valence-electron chi connectivity index (χ1n) is 5.56. The number of nitrogens with one attached hydrogen (secondary N) is 1. The zero-order valence-electron chi connectivity index (χ0n) is 10.4. The van der Waals surface area contributed by atoms with E-state index in [2.05, 4.69) is 10.3 Å². The number of nitrogens with zero attached hydrogens (tertiary/aromatic N) is 1. The minimum absolute atomic E-state index is 0.0265. The van der Waals surface area contributed by atoms with Crippen molar-refractivity contribution in [2.75, 3.05) is 5.32 Å². The highest BCUT2D eigenvalue weighted by molar-refractivity contribution is 7.22. The number of benzene rings is 1. The number of amides is 1. The molecule has 0 aliphatic rings. The quantitative estimate of drug-likeness (QED) is 0.845.